The molecule has 1 aromatic carbocycles. The average molecular weight is 903 g/mol. The maximum absolute atomic E-state index is 13.5. The van der Waals surface area contributed by atoms with E-state index in [0.29, 0.717) is 70.1 Å². The Hall–Kier alpha value is -4.10. The lowest BCUT2D eigenvalue weighted by atomic mass is 9.47. The zero-order valence-electron chi connectivity index (χ0n) is 40.6. The van der Waals surface area contributed by atoms with Crippen molar-refractivity contribution in [2.24, 2.45) is 62.8 Å². The van der Waals surface area contributed by atoms with Crippen LogP contribution in [0.2, 0.25) is 0 Å². The monoisotopic (exact) mass is 903 g/mol. The zero-order chi connectivity index (χ0) is 46.8. The van der Waals surface area contributed by atoms with E-state index in [2.05, 4.69) is 85.7 Å². The van der Waals surface area contributed by atoms with Crippen LogP contribution in [0.1, 0.15) is 130 Å². The van der Waals surface area contributed by atoms with Crippen LogP contribution in [-0.2, 0) is 25.4 Å². The summed E-state index contributed by atoms with van der Waals surface area (Å²) in [4.78, 5) is 30.8. The molecule has 1 aromatic rings. The van der Waals surface area contributed by atoms with E-state index in [4.69, 9.17) is 31.1 Å². The van der Waals surface area contributed by atoms with E-state index in [0.717, 1.165) is 73.2 Å². The number of allylic oxidation sites excluding steroid dienone is 1. The van der Waals surface area contributed by atoms with Gasteiger partial charge in [-0.05, 0) is 123 Å². The first-order valence-corrected chi connectivity index (χ1v) is 25.1. The third-order valence-electron chi connectivity index (χ3n) is 15.6. The van der Waals surface area contributed by atoms with Gasteiger partial charge in [0.25, 0.3) is 0 Å². The highest BCUT2D eigenvalue weighted by Crippen LogP contribution is 2.67. The summed E-state index contributed by atoms with van der Waals surface area (Å²) in [6, 6.07) is 9.20. The molecular formula is C52H86N8O5. The van der Waals surface area contributed by atoms with Gasteiger partial charge in [0.2, 0.25) is 5.91 Å². The number of unbranched alkanes of at least 4 members (excludes halogenated alkanes) is 1. The largest absolute Gasteiger partial charge is 0.446 e. The van der Waals surface area contributed by atoms with Gasteiger partial charge in [-0.3, -0.25) is 15.2 Å². The zero-order valence-corrected chi connectivity index (χ0v) is 40.6. The fourth-order valence-corrected chi connectivity index (χ4v) is 12.3. The number of amides is 2. The summed E-state index contributed by atoms with van der Waals surface area (Å²) in [6.07, 6.45) is 20.2. The van der Waals surface area contributed by atoms with Gasteiger partial charge in [-0.15, -0.1) is 0 Å². The lowest BCUT2D eigenvalue weighted by Gasteiger charge is -2.58. The smallest absolute Gasteiger partial charge is 0.407 e. The summed E-state index contributed by atoms with van der Waals surface area (Å²) >= 11 is 0. The summed E-state index contributed by atoms with van der Waals surface area (Å²) < 4.78 is 17.6. The highest BCUT2D eigenvalue weighted by molar-refractivity contribution is 5.87. The molecule has 0 aliphatic heterocycles. The third kappa shape index (κ3) is 15.5. The number of benzene rings is 1. The maximum Gasteiger partial charge on any atom is 0.407 e. The van der Waals surface area contributed by atoms with E-state index in [1.807, 2.05) is 18.2 Å². The van der Waals surface area contributed by atoms with Gasteiger partial charge >= 0.3 is 6.09 Å². The molecule has 3 saturated carbocycles. The summed E-state index contributed by atoms with van der Waals surface area (Å²) in [6.45, 7) is 19.0. The first-order valence-electron chi connectivity index (χ1n) is 25.1. The van der Waals surface area contributed by atoms with Crippen molar-refractivity contribution < 1.29 is 23.8 Å². The SMILES string of the molecule is C=C(N)NCCCCC(NC(=N)N)C(=O)NCCOCCOCC/N=C/C(Cc1ccccc1)NC(=O)OC1CCC2(C)C(=CCC3C2CCC2(C)C(C(C)CCCC(C)C)CCC32)C1. The van der Waals surface area contributed by atoms with Gasteiger partial charge in [-0.1, -0.05) is 102 Å². The van der Waals surface area contributed by atoms with Crippen molar-refractivity contribution in [1.29, 1.82) is 5.41 Å². The van der Waals surface area contributed by atoms with E-state index in [1.165, 1.54) is 56.9 Å². The molecule has 3 fully saturated rings. The number of rotatable bonds is 27. The molecule has 4 aliphatic carbocycles. The molecule has 0 aromatic heterocycles. The molecule has 0 heterocycles. The molecule has 0 radical (unpaired) electrons. The Bertz CT molecular complexity index is 1720. The van der Waals surface area contributed by atoms with Crippen molar-refractivity contribution in [2.75, 3.05) is 46.1 Å². The van der Waals surface area contributed by atoms with Crippen LogP contribution >= 0.6 is 0 Å². The number of aliphatic imine (C=N–C) groups is 1. The fraction of sp³-hybridized carbons (Fsp3) is 0.731. The van der Waals surface area contributed by atoms with E-state index >= 15 is 0 Å². The second-order valence-electron chi connectivity index (χ2n) is 20.6. The molecule has 0 spiro atoms. The van der Waals surface area contributed by atoms with E-state index in [-0.39, 0.29) is 35.5 Å². The number of fused-ring (bicyclic) bond motifs is 5. The number of nitrogens with two attached hydrogens (primary N) is 2. The molecular weight excluding hydrogens is 817 g/mol. The van der Waals surface area contributed by atoms with Crippen molar-refractivity contribution in [1.82, 2.24) is 21.3 Å². The molecule has 10 unspecified atom stereocenters. The molecule has 13 nitrogen and oxygen atoms in total. The van der Waals surface area contributed by atoms with Crippen molar-refractivity contribution in [2.45, 2.75) is 149 Å². The maximum atomic E-state index is 13.5. The predicted molar refractivity (Wildman–Crippen MR) is 262 cm³/mol. The highest BCUT2D eigenvalue weighted by atomic mass is 16.6. The molecule has 9 N–H and O–H groups in total. The van der Waals surface area contributed by atoms with Crippen LogP contribution in [0.15, 0.2) is 59.4 Å². The number of nitrogens with zero attached hydrogens (tertiary/aromatic N) is 1. The number of hydrogen-bond acceptors (Lipinski definition) is 9. The molecule has 364 valence electrons. The predicted octanol–water partition coefficient (Wildman–Crippen LogP) is 8.00. The topological polar surface area (TPSA) is 198 Å². The van der Waals surface area contributed by atoms with Gasteiger partial charge in [0.05, 0.1) is 44.8 Å². The Morgan fingerprint density at radius 3 is 2.40 bits per heavy atom. The number of guanidine groups is 1. The van der Waals surface area contributed by atoms with Gasteiger partial charge < -0.3 is 46.9 Å². The van der Waals surface area contributed by atoms with Gasteiger partial charge in [0, 0.05) is 25.7 Å². The van der Waals surface area contributed by atoms with Gasteiger partial charge in [0.1, 0.15) is 12.1 Å². The molecule has 13 heteroatoms. The minimum atomic E-state index is -0.603. The lowest BCUT2D eigenvalue weighted by Crippen LogP contribution is -2.51. The Balaban J connectivity index is 1.02. The Kier molecular flexibility index (Phi) is 20.5. The van der Waals surface area contributed by atoms with Crippen LogP contribution in [0.3, 0.4) is 0 Å². The molecule has 5 rings (SSSR count). The molecule has 2 amide bonds. The summed E-state index contributed by atoms with van der Waals surface area (Å²) in [5.41, 5.74) is 14.3. The second kappa shape index (κ2) is 25.7. The number of alkyl carbamates (subject to hydrolysis) is 1. The Labute approximate surface area is 391 Å². The number of carbonyl (C=O) groups excluding carboxylic acids is 2. The highest BCUT2D eigenvalue weighted by Gasteiger charge is 2.59. The second-order valence-corrected chi connectivity index (χ2v) is 20.6. The summed E-state index contributed by atoms with van der Waals surface area (Å²) in [5.74, 6) is 4.75. The average Bonchev–Trinajstić information content (AvgIpc) is 3.62. The standard InChI is InChI=1S/C52H86N8O5/c1-36(2)13-12-14-37(3)44-20-21-45-43-19-18-40-34-42(22-24-51(40,5)46(43)23-25-52(44,45)6)65-50(62)59-41(33-39-15-8-7-9-16-39)35-56-27-29-63-31-32-64-30-28-58-48(61)47(60-49(54)55)17-10-11-26-57-38(4)53/h7-9,15-16,18,35-37,41-47,57H,4,10-14,17,19-34,53H2,1-3,5-6H3,(H,58,61)(H,59,62)(H4,54,55,60)/b56-35+. The molecule has 0 saturated heterocycles. The minimum absolute atomic E-state index is 0.120. The third-order valence-corrected chi connectivity index (χ3v) is 15.6. The van der Waals surface area contributed by atoms with Gasteiger partial charge in [0.15, 0.2) is 5.96 Å². The van der Waals surface area contributed by atoms with Gasteiger partial charge in [-0.2, -0.15) is 0 Å². The van der Waals surface area contributed by atoms with Crippen LogP contribution in [0, 0.1) is 51.7 Å². The molecule has 65 heavy (non-hydrogen) atoms. The van der Waals surface area contributed by atoms with Crippen LogP contribution in [0.4, 0.5) is 4.79 Å². The number of ether oxygens (including phenoxy) is 3. The van der Waals surface area contributed by atoms with E-state index < -0.39 is 6.04 Å². The fourth-order valence-electron chi connectivity index (χ4n) is 12.3. The first kappa shape index (κ1) is 51.9. The number of carbonyl (C=O) groups is 2. The van der Waals surface area contributed by atoms with Crippen molar-refractivity contribution in [3.05, 3.63) is 59.9 Å². The van der Waals surface area contributed by atoms with Crippen LogP contribution in [0.5, 0.6) is 0 Å². The number of nitrogens with one attached hydrogen (secondary N) is 5. The Morgan fingerprint density at radius 1 is 0.892 bits per heavy atom. The van der Waals surface area contributed by atoms with Crippen LogP contribution in [-0.4, -0.2) is 88.4 Å². The van der Waals surface area contributed by atoms with E-state index in [9.17, 15) is 9.59 Å². The lowest BCUT2D eigenvalue weighted by molar-refractivity contribution is -0.123. The quantitative estimate of drug-likeness (QED) is 0.0198. The molecule has 0 bridgehead atoms. The van der Waals surface area contributed by atoms with Crippen molar-refractivity contribution >= 4 is 24.2 Å². The normalized spacial score (nSPS) is 27.4. The van der Waals surface area contributed by atoms with Crippen molar-refractivity contribution in [3.8, 4) is 0 Å². The summed E-state index contributed by atoms with van der Waals surface area (Å²) in [7, 11) is 0. The van der Waals surface area contributed by atoms with Crippen LogP contribution in [0.25, 0.3) is 0 Å². The number of hydrogen-bond donors (Lipinski definition) is 7. The van der Waals surface area contributed by atoms with Crippen molar-refractivity contribution in [3.63, 3.8) is 0 Å². The molecule has 4 aliphatic rings. The van der Waals surface area contributed by atoms with Crippen LogP contribution < -0.4 is 32.7 Å². The van der Waals surface area contributed by atoms with Gasteiger partial charge in [-0.25, -0.2) is 4.79 Å². The summed E-state index contributed by atoms with van der Waals surface area (Å²) in [5, 5.41) is 19.2. The molecule has 10 atom stereocenters. The minimum Gasteiger partial charge on any atom is -0.446 e. The van der Waals surface area contributed by atoms with E-state index in [1.54, 1.807) is 6.21 Å². The first-order chi connectivity index (χ1) is 31.2. The Morgan fingerprint density at radius 2 is 1.66 bits per heavy atom.